The Labute approximate surface area is 186 Å². The number of benzene rings is 2. The molecule has 0 bridgehead atoms. The summed E-state index contributed by atoms with van der Waals surface area (Å²) in [5.74, 6) is -0.331. The Morgan fingerprint density at radius 1 is 1.18 bits per heavy atom. The van der Waals surface area contributed by atoms with Crippen molar-refractivity contribution in [1.82, 2.24) is 10.2 Å². The summed E-state index contributed by atoms with van der Waals surface area (Å²) in [6.07, 6.45) is -2.90. The number of ether oxygens (including phenoxy) is 2. The molecule has 1 aromatic heterocycles. The molecule has 10 heteroatoms. The summed E-state index contributed by atoms with van der Waals surface area (Å²) >= 11 is 0. The van der Waals surface area contributed by atoms with Crippen molar-refractivity contribution in [3.63, 3.8) is 0 Å². The molecular formula is C23H20F3N3O4. The van der Waals surface area contributed by atoms with Gasteiger partial charge in [-0.1, -0.05) is 18.2 Å². The van der Waals surface area contributed by atoms with Crippen LogP contribution in [0, 0.1) is 0 Å². The number of hydrogen-bond donors (Lipinski definition) is 2. The quantitative estimate of drug-likeness (QED) is 0.522. The fraction of sp³-hybridized carbons (Fsp3) is 0.261. The van der Waals surface area contributed by atoms with Crippen LogP contribution in [0.15, 0.2) is 42.6 Å². The second-order valence-electron chi connectivity index (χ2n) is 7.63. The second-order valence-corrected chi connectivity index (χ2v) is 7.63. The highest BCUT2D eigenvalue weighted by Crippen LogP contribution is 2.39. The number of H-pyrrole nitrogens is 1. The SMILES string of the molecule is COc1cc(C2CC(=O)Nc3cn[nH]c32)ccc1OCc1ccc(C(C)=O)cc1C(F)(F)F. The Balaban J connectivity index is 1.60. The number of nitrogens with one attached hydrogen (secondary N) is 2. The van der Waals surface area contributed by atoms with Gasteiger partial charge in [0.05, 0.1) is 30.3 Å². The van der Waals surface area contributed by atoms with Gasteiger partial charge in [0, 0.05) is 23.5 Å². The molecule has 1 atom stereocenters. The van der Waals surface area contributed by atoms with Crippen LogP contribution in [-0.4, -0.2) is 29.0 Å². The molecule has 0 spiro atoms. The molecule has 33 heavy (non-hydrogen) atoms. The molecule has 0 aliphatic carbocycles. The molecule has 1 amide bonds. The van der Waals surface area contributed by atoms with Crippen LogP contribution in [0.5, 0.6) is 11.5 Å². The fourth-order valence-electron chi connectivity index (χ4n) is 3.80. The van der Waals surface area contributed by atoms with Crippen molar-refractivity contribution in [1.29, 1.82) is 0 Å². The lowest BCUT2D eigenvalue weighted by atomic mass is 9.89. The monoisotopic (exact) mass is 459 g/mol. The van der Waals surface area contributed by atoms with E-state index in [1.807, 2.05) is 0 Å². The predicted molar refractivity (Wildman–Crippen MR) is 112 cm³/mol. The summed E-state index contributed by atoms with van der Waals surface area (Å²) in [7, 11) is 1.42. The van der Waals surface area contributed by atoms with E-state index in [-0.39, 0.29) is 41.7 Å². The molecule has 0 saturated heterocycles. The molecule has 172 valence electrons. The van der Waals surface area contributed by atoms with Gasteiger partial charge < -0.3 is 14.8 Å². The minimum atomic E-state index is -4.64. The van der Waals surface area contributed by atoms with Crippen LogP contribution in [0.1, 0.15) is 52.0 Å². The van der Waals surface area contributed by atoms with Crippen molar-refractivity contribution >= 4 is 17.4 Å². The molecular weight excluding hydrogens is 439 g/mol. The molecule has 1 unspecified atom stereocenters. The number of carbonyl (C=O) groups excluding carboxylic acids is 2. The Morgan fingerprint density at radius 3 is 2.67 bits per heavy atom. The summed E-state index contributed by atoms with van der Waals surface area (Å²) < 4.78 is 51.6. The Morgan fingerprint density at radius 2 is 1.97 bits per heavy atom. The van der Waals surface area contributed by atoms with Crippen LogP contribution < -0.4 is 14.8 Å². The number of amides is 1. The predicted octanol–water partition coefficient (Wildman–Crippen LogP) is 4.69. The zero-order valence-electron chi connectivity index (χ0n) is 17.7. The van der Waals surface area contributed by atoms with E-state index < -0.39 is 17.5 Å². The Bertz CT molecular complexity index is 1220. The van der Waals surface area contributed by atoms with E-state index in [4.69, 9.17) is 9.47 Å². The first-order chi connectivity index (χ1) is 15.7. The van der Waals surface area contributed by atoms with Crippen LogP contribution in [0.3, 0.4) is 0 Å². The maximum absolute atomic E-state index is 13.5. The van der Waals surface area contributed by atoms with E-state index in [2.05, 4.69) is 15.5 Å². The number of aromatic nitrogens is 2. The molecule has 2 N–H and O–H groups in total. The van der Waals surface area contributed by atoms with Crippen LogP contribution in [0.2, 0.25) is 0 Å². The number of alkyl halides is 3. The molecule has 1 aliphatic rings. The third kappa shape index (κ3) is 4.55. The zero-order valence-corrected chi connectivity index (χ0v) is 17.7. The van der Waals surface area contributed by atoms with Crippen LogP contribution in [-0.2, 0) is 17.6 Å². The second kappa shape index (κ2) is 8.61. The highest BCUT2D eigenvalue weighted by atomic mass is 19.4. The topological polar surface area (TPSA) is 93.3 Å². The molecule has 7 nitrogen and oxygen atoms in total. The van der Waals surface area contributed by atoms with Gasteiger partial charge >= 0.3 is 6.18 Å². The smallest absolute Gasteiger partial charge is 0.416 e. The average Bonchev–Trinajstić information content (AvgIpc) is 3.24. The molecule has 1 aliphatic heterocycles. The number of rotatable bonds is 6. The largest absolute Gasteiger partial charge is 0.493 e. The Hall–Kier alpha value is -3.82. The number of anilines is 1. The van der Waals surface area contributed by atoms with Crippen molar-refractivity contribution in [3.8, 4) is 11.5 Å². The minimum Gasteiger partial charge on any atom is -0.493 e. The first-order valence-electron chi connectivity index (χ1n) is 10.0. The lowest BCUT2D eigenvalue weighted by molar-refractivity contribution is -0.138. The third-order valence-electron chi connectivity index (χ3n) is 5.48. The summed E-state index contributed by atoms with van der Waals surface area (Å²) in [6, 6.07) is 8.42. The number of fused-ring (bicyclic) bond motifs is 1. The summed E-state index contributed by atoms with van der Waals surface area (Å²) in [6.45, 7) is 0.833. The van der Waals surface area contributed by atoms with E-state index in [1.54, 1.807) is 18.2 Å². The van der Waals surface area contributed by atoms with E-state index in [1.165, 1.54) is 32.4 Å². The van der Waals surface area contributed by atoms with Gasteiger partial charge in [-0.15, -0.1) is 0 Å². The van der Waals surface area contributed by atoms with Crippen LogP contribution >= 0.6 is 0 Å². The molecule has 0 saturated carbocycles. The van der Waals surface area contributed by atoms with Crippen molar-refractivity contribution in [3.05, 3.63) is 70.5 Å². The van der Waals surface area contributed by atoms with Crippen molar-refractivity contribution in [2.75, 3.05) is 12.4 Å². The van der Waals surface area contributed by atoms with Crippen molar-refractivity contribution in [2.24, 2.45) is 0 Å². The standard InChI is InChI=1S/C23H20F3N3O4/c1-12(30)13-3-4-15(17(7-13)23(24,25)26)11-33-19-6-5-14(8-20(19)32-2)16-9-21(31)28-18-10-27-29-22(16)18/h3-8,10,16H,9,11H2,1-2H3,(H,27,29)(H,28,31). The lowest BCUT2D eigenvalue weighted by Crippen LogP contribution is -2.23. The summed E-state index contributed by atoms with van der Waals surface area (Å²) in [5, 5.41) is 9.61. The fourth-order valence-corrected chi connectivity index (χ4v) is 3.80. The van der Waals surface area contributed by atoms with Crippen molar-refractivity contribution in [2.45, 2.75) is 32.0 Å². The maximum atomic E-state index is 13.5. The minimum absolute atomic E-state index is 0.0253. The van der Waals surface area contributed by atoms with Gasteiger partial charge in [0.15, 0.2) is 17.3 Å². The number of hydrogen-bond acceptors (Lipinski definition) is 5. The van der Waals surface area contributed by atoms with Gasteiger partial charge in [0.1, 0.15) is 6.61 Å². The zero-order chi connectivity index (χ0) is 23.8. The number of nitrogens with zero attached hydrogens (tertiary/aromatic N) is 1. The van der Waals surface area contributed by atoms with E-state index >= 15 is 0 Å². The van der Waals surface area contributed by atoms with E-state index in [0.717, 1.165) is 17.3 Å². The number of carbonyl (C=O) groups is 2. The first-order valence-corrected chi connectivity index (χ1v) is 10.0. The number of ketones is 1. The number of aromatic amines is 1. The highest BCUT2D eigenvalue weighted by Gasteiger charge is 2.34. The van der Waals surface area contributed by atoms with Crippen LogP contribution in [0.25, 0.3) is 0 Å². The van der Waals surface area contributed by atoms with Gasteiger partial charge in [0.25, 0.3) is 0 Å². The Kier molecular flexibility index (Phi) is 5.84. The maximum Gasteiger partial charge on any atom is 0.416 e. The first kappa shape index (κ1) is 22.4. The van der Waals surface area contributed by atoms with Gasteiger partial charge in [-0.3, -0.25) is 14.7 Å². The third-order valence-corrected chi connectivity index (χ3v) is 5.48. The normalized spacial score (nSPS) is 15.5. The van der Waals surface area contributed by atoms with E-state index in [0.29, 0.717) is 11.4 Å². The highest BCUT2D eigenvalue weighted by molar-refractivity contribution is 5.95. The lowest BCUT2D eigenvalue weighted by Gasteiger charge is -2.23. The molecule has 4 rings (SSSR count). The molecule has 2 heterocycles. The van der Waals surface area contributed by atoms with Gasteiger partial charge in [0.2, 0.25) is 5.91 Å². The van der Waals surface area contributed by atoms with Gasteiger partial charge in [-0.05, 0) is 30.7 Å². The molecule has 0 radical (unpaired) electrons. The molecule has 3 aromatic rings. The molecule has 2 aromatic carbocycles. The number of Topliss-reactive ketones (excluding diaryl/α,β-unsaturated/α-hetero) is 1. The van der Waals surface area contributed by atoms with E-state index in [9.17, 15) is 22.8 Å². The number of methoxy groups -OCH3 is 1. The van der Waals surface area contributed by atoms with Crippen LogP contribution in [0.4, 0.5) is 18.9 Å². The average molecular weight is 459 g/mol. The molecule has 0 fully saturated rings. The van der Waals surface area contributed by atoms with Gasteiger partial charge in [-0.25, -0.2) is 0 Å². The van der Waals surface area contributed by atoms with Gasteiger partial charge in [-0.2, -0.15) is 18.3 Å². The summed E-state index contributed by atoms with van der Waals surface area (Å²) in [4.78, 5) is 23.5. The van der Waals surface area contributed by atoms with Crippen molar-refractivity contribution < 1.29 is 32.2 Å². The number of halogens is 3. The summed E-state index contributed by atoms with van der Waals surface area (Å²) in [5.41, 5.74) is 1.06.